The molecule has 11 heteroatoms. The summed E-state index contributed by atoms with van der Waals surface area (Å²) in [5, 5.41) is 9.67. The molecule has 2 aliphatic heterocycles. The van der Waals surface area contributed by atoms with Gasteiger partial charge in [-0.25, -0.2) is 13.4 Å². The molecule has 162 valence electrons. The van der Waals surface area contributed by atoms with Crippen LogP contribution in [0.15, 0.2) is 35.5 Å². The van der Waals surface area contributed by atoms with Gasteiger partial charge in [0.1, 0.15) is 12.2 Å². The number of hydrogen-bond acceptors (Lipinski definition) is 7. The van der Waals surface area contributed by atoms with E-state index in [1.165, 1.54) is 22.8 Å². The molecule has 2 aliphatic rings. The first-order chi connectivity index (χ1) is 14.5. The maximum absolute atomic E-state index is 12.7. The zero-order valence-electron chi connectivity index (χ0n) is 16.7. The molecule has 0 radical (unpaired) electrons. The lowest BCUT2D eigenvalue weighted by atomic mass is 9.97. The van der Waals surface area contributed by atoms with Gasteiger partial charge in [-0.1, -0.05) is 0 Å². The Bertz CT molecular complexity index is 942. The van der Waals surface area contributed by atoms with Crippen molar-refractivity contribution >= 4 is 21.6 Å². The number of benzene rings is 1. The number of amides is 1. The van der Waals surface area contributed by atoms with Crippen molar-refractivity contribution in [1.82, 2.24) is 24.4 Å². The first-order valence-corrected chi connectivity index (χ1v) is 11.5. The molecule has 10 nitrogen and oxygen atoms in total. The van der Waals surface area contributed by atoms with Gasteiger partial charge in [0.25, 0.3) is 0 Å². The number of nitrogens with zero attached hydrogens (tertiary/aromatic N) is 4. The maximum atomic E-state index is 12.7. The van der Waals surface area contributed by atoms with Crippen LogP contribution in [0.5, 0.6) is 0 Å². The molecule has 0 aliphatic carbocycles. The Labute approximate surface area is 175 Å². The lowest BCUT2D eigenvalue weighted by Gasteiger charge is -2.31. The standard InChI is InChI=1S/C19H26N6O4S/c26-18(13-24-7-1-2-15(12-24)19-20-14-21-23-19)22-16-3-5-17(6-4-16)30(27,28)25-8-10-29-11-9-25/h3-6,14-15H,1-2,7-13H2,(H,22,26)(H,20,21,23)/t15-/m0/s1. The molecule has 1 aromatic carbocycles. The molecule has 1 amide bonds. The molecule has 0 unspecified atom stereocenters. The fourth-order valence-electron chi connectivity index (χ4n) is 3.88. The third-order valence-corrected chi connectivity index (χ3v) is 7.35. The summed E-state index contributed by atoms with van der Waals surface area (Å²) < 4.78 is 32.0. The summed E-state index contributed by atoms with van der Waals surface area (Å²) in [4.78, 5) is 19.0. The van der Waals surface area contributed by atoms with E-state index in [2.05, 4.69) is 25.4 Å². The van der Waals surface area contributed by atoms with Crippen LogP contribution in [0.3, 0.4) is 0 Å². The summed E-state index contributed by atoms with van der Waals surface area (Å²) in [5.74, 6) is 0.980. The van der Waals surface area contributed by atoms with Crippen molar-refractivity contribution in [3.8, 4) is 0 Å². The fraction of sp³-hybridized carbons (Fsp3) is 0.526. The zero-order chi connectivity index (χ0) is 21.0. The van der Waals surface area contributed by atoms with Crippen LogP contribution in [0.2, 0.25) is 0 Å². The molecule has 1 aromatic heterocycles. The highest BCUT2D eigenvalue weighted by Crippen LogP contribution is 2.24. The normalized spacial score (nSPS) is 21.4. The number of H-pyrrole nitrogens is 1. The SMILES string of the molecule is O=C(CN1CCC[C@H](c2ncn[nH]2)C1)Nc1ccc(S(=O)(=O)N2CCOCC2)cc1. The average Bonchev–Trinajstić information content (AvgIpc) is 3.30. The predicted molar refractivity (Wildman–Crippen MR) is 109 cm³/mol. The van der Waals surface area contributed by atoms with E-state index >= 15 is 0 Å². The number of morpholine rings is 1. The van der Waals surface area contributed by atoms with Crippen LogP contribution in [-0.2, 0) is 19.6 Å². The summed E-state index contributed by atoms with van der Waals surface area (Å²) >= 11 is 0. The second-order valence-electron chi connectivity index (χ2n) is 7.53. The quantitative estimate of drug-likeness (QED) is 0.685. The highest BCUT2D eigenvalue weighted by Gasteiger charge is 2.27. The van der Waals surface area contributed by atoms with Gasteiger partial charge in [-0.05, 0) is 43.7 Å². The summed E-state index contributed by atoms with van der Waals surface area (Å²) in [5.41, 5.74) is 0.574. The van der Waals surface area contributed by atoms with Crippen molar-refractivity contribution < 1.29 is 17.9 Å². The van der Waals surface area contributed by atoms with Gasteiger partial charge in [-0.15, -0.1) is 0 Å². The number of hydrogen-bond donors (Lipinski definition) is 2. The summed E-state index contributed by atoms with van der Waals surface area (Å²) in [6.07, 6.45) is 3.52. The molecule has 3 heterocycles. The van der Waals surface area contributed by atoms with Crippen molar-refractivity contribution in [2.45, 2.75) is 23.7 Å². The number of nitrogens with one attached hydrogen (secondary N) is 2. The second kappa shape index (κ2) is 9.21. The van der Waals surface area contributed by atoms with Crippen molar-refractivity contribution in [3.05, 3.63) is 36.4 Å². The lowest BCUT2D eigenvalue weighted by molar-refractivity contribution is -0.117. The minimum absolute atomic E-state index is 0.128. The predicted octanol–water partition coefficient (Wildman–Crippen LogP) is 0.644. The van der Waals surface area contributed by atoms with E-state index < -0.39 is 10.0 Å². The van der Waals surface area contributed by atoms with Crippen LogP contribution in [-0.4, -0.2) is 84.6 Å². The average molecular weight is 435 g/mol. The summed E-state index contributed by atoms with van der Waals surface area (Å²) in [6.45, 7) is 3.40. The summed E-state index contributed by atoms with van der Waals surface area (Å²) in [6, 6.07) is 6.31. The maximum Gasteiger partial charge on any atom is 0.243 e. The molecule has 30 heavy (non-hydrogen) atoms. The minimum Gasteiger partial charge on any atom is -0.379 e. The van der Waals surface area contributed by atoms with Crippen molar-refractivity contribution in [2.75, 3.05) is 51.3 Å². The Kier molecular flexibility index (Phi) is 6.42. The Hall–Kier alpha value is -2.34. The molecular formula is C19H26N6O4S. The van der Waals surface area contributed by atoms with Crippen molar-refractivity contribution in [1.29, 1.82) is 0 Å². The highest BCUT2D eigenvalue weighted by molar-refractivity contribution is 7.89. The molecule has 2 saturated heterocycles. The zero-order valence-corrected chi connectivity index (χ0v) is 17.5. The molecule has 1 atom stereocenters. The van der Waals surface area contributed by atoms with Crippen molar-refractivity contribution in [3.63, 3.8) is 0 Å². The third kappa shape index (κ3) is 4.86. The van der Waals surface area contributed by atoms with Gasteiger partial charge in [0, 0.05) is 31.2 Å². The lowest BCUT2D eigenvalue weighted by Crippen LogP contribution is -2.40. The van der Waals surface area contributed by atoms with E-state index in [1.807, 2.05) is 0 Å². The number of aromatic amines is 1. The molecule has 0 spiro atoms. The van der Waals surface area contributed by atoms with Crippen LogP contribution in [0.1, 0.15) is 24.6 Å². The highest BCUT2D eigenvalue weighted by atomic mass is 32.2. The number of likely N-dealkylation sites (tertiary alicyclic amines) is 1. The van der Waals surface area contributed by atoms with Crippen LogP contribution in [0, 0.1) is 0 Å². The molecule has 2 fully saturated rings. The van der Waals surface area contributed by atoms with E-state index in [1.54, 1.807) is 12.1 Å². The fourth-order valence-corrected chi connectivity index (χ4v) is 5.29. The number of anilines is 1. The van der Waals surface area contributed by atoms with E-state index in [-0.39, 0.29) is 23.3 Å². The molecule has 2 aromatic rings. The Morgan fingerprint density at radius 1 is 1.20 bits per heavy atom. The molecular weight excluding hydrogens is 408 g/mol. The molecule has 0 saturated carbocycles. The van der Waals surface area contributed by atoms with E-state index in [9.17, 15) is 13.2 Å². The molecule has 2 N–H and O–H groups in total. The number of carbonyl (C=O) groups is 1. The van der Waals surface area contributed by atoms with E-state index in [0.717, 1.165) is 31.8 Å². The monoisotopic (exact) mass is 434 g/mol. The van der Waals surface area contributed by atoms with Crippen molar-refractivity contribution in [2.24, 2.45) is 0 Å². The van der Waals surface area contributed by atoms with Gasteiger partial charge in [0.05, 0.1) is 24.7 Å². The van der Waals surface area contributed by atoms with Crippen LogP contribution < -0.4 is 5.32 Å². The Balaban J connectivity index is 1.32. The second-order valence-corrected chi connectivity index (χ2v) is 9.47. The molecule has 0 bridgehead atoms. The number of rotatable bonds is 6. The Morgan fingerprint density at radius 3 is 2.67 bits per heavy atom. The van der Waals surface area contributed by atoms with Gasteiger partial charge < -0.3 is 10.1 Å². The Morgan fingerprint density at radius 2 is 1.97 bits per heavy atom. The minimum atomic E-state index is -3.54. The largest absolute Gasteiger partial charge is 0.379 e. The number of sulfonamides is 1. The van der Waals surface area contributed by atoms with Crippen LogP contribution in [0.4, 0.5) is 5.69 Å². The number of aromatic nitrogens is 3. The molecule has 4 rings (SSSR count). The summed E-state index contributed by atoms with van der Waals surface area (Å²) in [7, 11) is -3.54. The number of ether oxygens (including phenoxy) is 1. The number of piperidine rings is 1. The first-order valence-electron chi connectivity index (χ1n) is 10.1. The van der Waals surface area contributed by atoms with Gasteiger partial charge in [-0.3, -0.25) is 14.8 Å². The van der Waals surface area contributed by atoms with Crippen LogP contribution >= 0.6 is 0 Å². The van der Waals surface area contributed by atoms with E-state index in [4.69, 9.17) is 4.74 Å². The van der Waals surface area contributed by atoms with Gasteiger partial charge in [0.2, 0.25) is 15.9 Å². The van der Waals surface area contributed by atoms with Gasteiger partial charge >= 0.3 is 0 Å². The first kappa shape index (κ1) is 20.9. The topological polar surface area (TPSA) is 121 Å². The smallest absolute Gasteiger partial charge is 0.243 e. The van der Waals surface area contributed by atoms with Gasteiger partial charge in [0.15, 0.2) is 0 Å². The third-order valence-electron chi connectivity index (χ3n) is 5.44. The van der Waals surface area contributed by atoms with Crippen LogP contribution in [0.25, 0.3) is 0 Å². The van der Waals surface area contributed by atoms with Gasteiger partial charge in [-0.2, -0.15) is 9.40 Å². The number of carbonyl (C=O) groups excluding carboxylic acids is 1. The van der Waals surface area contributed by atoms with E-state index in [0.29, 0.717) is 32.0 Å².